The number of hydrogen-bond acceptors (Lipinski definition) is 6. The van der Waals surface area contributed by atoms with Gasteiger partial charge in [0.05, 0.1) is 18.4 Å². The van der Waals surface area contributed by atoms with E-state index in [0.29, 0.717) is 38.2 Å². The zero-order chi connectivity index (χ0) is 22.1. The number of carbonyl (C=O) groups excluding carboxylic acids is 2. The first-order chi connectivity index (χ1) is 15.5. The van der Waals surface area contributed by atoms with Gasteiger partial charge >= 0.3 is 0 Å². The quantitative estimate of drug-likeness (QED) is 0.680. The molecule has 9 heteroatoms. The fourth-order valence-corrected chi connectivity index (χ4v) is 4.35. The molecule has 2 aromatic heterocycles. The van der Waals surface area contributed by atoms with Crippen molar-refractivity contribution < 1.29 is 14.3 Å². The highest BCUT2D eigenvalue weighted by molar-refractivity contribution is 5.94. The third kappa shape index (κ3) is 3.75. The van der Waals surface area contributed by atoms with E-state index >= 15 is 0 Å². The lowest BCUT2D eigenvalue weighted by atomic mass is 9.88. The smallest absolute Gasteiger partial charge is 0.274 e. The van der Waals surface area contributed by atoms with Gasteiger partial charge < -0.3 is 19.5 Å². The molecule has 2 aliphatic heterocycles. The van der Waals surface area contributed by atoms with E-state index in [9.17, 15) is 9.59 Å². The molecular weight excluding hydrogens is 408 g/mol. The number of hydrogen-bond donors (Lipinski definition) is 1. The number of piperidine rings is 1. The number of carbonyl (C=O) groups is 2. The molecule has 1 fully saturated rings. The normalized spacial score (nSPS) is 19.4. The average Bonchev–Trinajstić information content (AvgIpc) is 3.30. The highest BCUT2D eigenvalue weighted by atomic mass is 16.5. The van der Waals surface area contributed by atoms with Crippen molar-refractivity contribution in [2.45, 2.75) is 38.0 Å². The third-order valence-electron chi connectivity index (χ3n) is 6.05. The van der Waals surface area contributed by atoms with Crippen LogP contribution >= 0.6 is 0 Å². The molecule has 0 saturated carbocycles. The molecule has 1 spiro atoms. The van der Waals surface area contributed by atoms with E-state index in [1.165, 1.54) is 6.20 Å². The van der Waals surface area contributed by atoms with Crippen LogP contribution in [0, 0.1) is 6.92 Å². The van der Waals surface area contributed by atoms with Crippen molar-refractivity contribution in [2.75, 3.05) is 18.4 Å². The maximum atomic E-state index is 13.0. The molecule has 9 nitrogen and oxygen atoms in total. The average molecular weight is 432 g/mol. The second kappa shape index (κ2) is 8.16. The molecule has 1 N–H and O–H groups in total. The van der Waals surface area contributed by atoms with Crippen LogP contribution in [-0.2, 0) is 21.7 Å². The summed E-state index contributed by atoms with van der Waals surface area (Å²) in [6.45, 7) is 3.19. The second-order valence-electron chi connectivity index (χ2n) is 8.19. The van der Waals surface area contributed by atoms with Crippen LogP contribution in [0.1, 0.15) is 34.8 Å². The third-order valence-corrected chi connectivity index (χ3v) is 6.05. The summed E-state index contributed by atoms with van der Waals surface area (Å²) in [6.07, 6.45) is 7.15. The molecule has 2 amide bonds. The van der Waals surface area contributed by atoms with Gasteiger partial charge in [-0.1, -0.05) is 18.2 Å². The number of anilines is 1. The minimum Gasteiger partial charge on any atom is -0.352 e. The summed E-state index contributed by atoms with van der Waals surface area (Å²) >= 11 is 0. The number of imidazole rings is 1. The maximum absolute atomic E-state index is 13.0. The van der Waals surface area contributed by atoms with E-state index in [2.05, 4.69) is 20.3 Å². The Kier molecular flexibility index (Phi) is 5.18. The molecule has 0 aliphatic carbocycles. The Balaban J connectivity index is 1.32. The largest absolute Gasteiger partial charge is 0.352 e. The fourth-order valence-electron chi connectivity index (χ4n) is 4.35. The van der Waals surface area contributed by atoms with Crippen molar-refractivity contribution in [1.82, 2.24) is 24.4 Å². The van der Waals surface area contributed by atoms with E-state index in [4.69, 9.17) is 4.74 Å². The SMILES string of the molecule is Cc1cnc(C(=O)N2CCC3(CC2)O[C@H](C(=O)Nc2ccccc2)Cn2ccnc23)cn1. The molecule has 3 aromatic rings. The van der Waals surface area contributed by atoms with Crippen LogP contribution in [0.15, 0.2) is 55.1 Å². The van der Waals surface area contributed by atoms with Gasteiger partial charge in [0.25, 0.3) is 11.8 Å². The summed E-state index contributed by atoms with van der Waals surface area (Å²) < 4.78 is 8.41. The van der Waals surface area contributed by atoms with E-state index in [1.54, 1.807) is 17.3 Å². The Hall–Kier alpha value is -3.59. The van der Waals surface area contributed by atoms with Crippen molar-refractivity contribution in [3.05, 3.63) is 72.3 Å². The number of fused-ring (bicyclic) bond motifs is 2. The van der Waals surface area contributed by atoms with E-state index in [1.807, 2.05) is 48.0 Å². The Bertz CT molecular complexity index is 1120. The molecule has 164 valence electrons. The van der Waals surface area contributed by atoms with Crippen molar-refractivity contribution in [3.8, 4) is 0 Å². The van der Waals surface area contributed by atoms with Crippen molar-refractivity contribution in [1.29, 1.82) is 0 Å². The molecule has 0 unspecified atom stereocenters. The zero-order valence-corrected chi connectivity index (χ0v) is 17.8. The summed E-state index contributed by atoms with van der Waals surface area (Å²) in [7, 11) is 0. The predicted octanol–water partition coefficient (Wildman–Crippen LogP) is 2.15. The summed E-state index contributed by atoms with van der Waals surface area (Å²) in [5.74, 6) is 0.469. The van der Waals surface area contributed by atoms with Gasteiger partial charge in [0.2, 0.25) is 0 Å². The summed E-state index contributed by atoms with van der Waals surface area (Å²) in [5, 5.41) is 2.93. The molecule has 1 aromatic carbocycles. The lowest BCUT2D eigenvalue weighted by Gasteiger charge is -2.45. The van der Waals surface area contributed by atoms with Gasteiger partial charge in [0.15, 0.2) is 6.10 Å². The number of likely N-dealkylation sites (tertiary alicyclic amines) is 1. The van der Waals surface area contributed by atoms with Crippen LogP contribution in [0.5, 0.6) is 0 Å². The topological polar surface area (TPSA) is 102 Å². The first-order valence-corrected chi connectivity index (χ1v) is 10.7. The maximum Gasteiger partial charge on any atom is 0.274 e. The van der Waals surface area contributed by atoms with E-state index in [0.717, 1.165) is 17.2 Å². The minimum absolute atomic E-state index is 0.148. The van der Waals surface area contributed by atoms with Gasteiger partial charge in [0.1, 0.15) is 17.1 Å². The van der Waals surface area contributed by atoms with Crippen LogP contribution in [0.4, 0.5) is 5.69 Å². The fraction of sp³-hybridized carbons (Fsp3) is 0.348. The number of para-hydroxylation sites is 1. The van der Waals surface area contributed by atoms with Crippen molar-refractivity contribution in [2.24, 2.45) is 0 Å². The molecule has 5 rings (SSSR count). The molecular formula is C23H24N6O3. The standard InChI is InChI=1S/C23H24N6O3/c1-16-13-26-18(14-25-16)21(31)28-10-7-23(8-11-28)22-24-9-12-29(22)15-19(32-23)20(30)27-17-5-3-2-4-6-17/h2-6,9,12-14,19H,7-8,10-11,15H2,1H3,(H,27,30)/t19-/m0/s1. The Morgan fingerprint density at radius 3 is 2.59 bits per heavy atom. The van der Waals surface area contributed by atoms with Gasteiger partial charge in [-0.25, -0.2) is 9.97 Å². The number of nitrogens with zero attached hydrogens (tertiary/aromatic N) is 5. The molecule has 0 radical (unpaired) electrons. The number of aromatic nitrogens is 4. The Morgan fingerprint density at radius 2 is 1.88 bits per heavy atom. The Labute approximate surface area is 185 Å². The number of nitrogens with one attached hydrogen (secondary N) is 1. The zero-order valence-electron chi connectivity index (χ0n) is 17.8. The predicted molar refractivity (Wildman–Crippen MR) is 116 cm³/mol. The monoisotopic (exact) mass is 432 g/mol. The van der Waals surface area contributed by atoms with Gasteiger partial charge in [0, 0.05) is 50.2 Å². The van der Waals surface area contributed by atoms with Crippen molar-refractivity contribution in [3.63, 3.8) is 0 Å². The number of ether oxygens (including phenoxy) is 1. The lowest BCUT2D eigenvalue weighted by molar-refractivity contribution is -0.168. The first kappa shape index (κ1) is 20.3. The highest BCUT2D eigenvalue weighted by Gasteiger charge is 2.47. The molecule has 1 saturated heterocycles. The molecule has 0 bridgehead atoms. The van der Waals surface area contributed by atoms with Crippen LogP contribution in [0.25, 0.3) is 0 Å². The van der Waals surface area contributed by atoms with Gasteiger partial charge in [-0.3, -0.25) is 14.6 Å². The van der Waals surface area contributed by atoms with Gasteiger partial charge in [-0.05, 0) is 19.1 Å². The van der Waals surface area contributed by atoms with Gasteiger partial charge in [-0.2, -0.15) is 0 Å². The van der Waals surface area contributed by atoms with Crippen LogP contribution in [0.2, 0.25) is 0 Å². The number of aryl methyl sites for hydroxylation is 1. The van der Waals surface area contributed by atoms with Crippen LogP contribution < -0.4 is 5.32 Å². The lowest BCUT2D eigenvalue weighted by Crippen LogP contribution is -2.54. The molecule has 32 heavy (non-hydrogen) atoms. The van der Waals surface area contributed by atoms with E-state index in [-0.39, 0.29) is 11.8 Å². The minimum atomic E-state index is -0.712. The number of rotatable bonds is 3. The van der Waals surface area contributed by atoms with Gasteiger partial charge in [-0.15, -0.1) is 0 Å². The number of benzene rings is 1. The second-order valence-corrected chi connectivity index (χ2v) is 8.19. The summed E-state index contributed by atoms with van der Waals surface area (Å²) in [5.41, 5.74) is 1.11. The molecule has 4 heterocycles. The summed E-state index contributed by atoms with van der Waals surface area (Å²) in [4.78, 5) is 40.5. The van der Waals surface area contributed by atoms with E-state index < -0.39 is 11.7 Å². The number of amides is 2. The first-order valence-electron chi connectivity index (χ1n) is 10.7. The molecule has 2 aliphatic rings. The highest BCUT2D eigenvalue weighted by Crippen LogP contribution is 2.40. The summed E-state index contributed by atoms with van der Waals surface area (Å²) in [6, 6.07) is 9.33. The molecule has 1 atom stereocenters. The Morgan fingerprint density at radius 1 is 1.09 bits per heavy atom. The van der Waals surface area contributed by atoms with Crippen LogP contribution in [-0.4, -0.2) is 55.4 Å². The van der Waals surface area contributed by atoms with Crippen LogP contribution in [0.3, 0.4) is 0 Å². The van der Waals surface area contributed by atoms with Crippen molar-refractivity contribution >= 4 is 17.5 Å².